The molecule has 23 heavy (non-hydrogen) atoms. The predicted octanol–water partition coefficient (Wildman–Crippen LogP) is 1.99. The molecule has 0 bridgehead atoms. The van der Waals surface area contributed by atoms with Crippen LogP contribution in [0.1, 0.15) is 23.0 Å². The molecule has 0 atom stereocenters. The van der Waals surface area contributed by atoms with Crippen LogP contribution in [0.3, 0.4) is 0 Å². The summed E-state index contributed by atoms with van der Waals surface area (Å²) in [5, 5.41) is 5.72. The number of amides is 1. The molecule has 0 unspecified atom stereocenters. The summed E-state index contributed by atoms with van der Waals surface area (Å²) in [5.74, 6) is -0.692. The summed E-state index contributed by atoms with van der Waals surface area (Å²) in [6.45, 7) is 2.63. The van der Waals surface area contributed by atoms with E-state index in [0.29, 0.717) is 17.8 Å². The molecule has 0 radical (unpaired) electrons. The molecule has 6 heteroatoms. The van der Waals surface area contributed by atoms with Gasteiger partial charge in [-0.15, -0.1) is 0 Å². The molecule has 2 rings (SSSR count). The van der Waals surface area contributed by atoms with Crippen molar-refractivity contribution in [1.29, 1.82) is 0 Å². The standard InChI is InChI=1S/C17H19N3O3/c1-2-23-17(22)14-8-3-4-9-15(14)20-16(21)12-18-11-13-7-5-6-10-19-13/h3-10,18H,2,11-12H2,1H3,(H,20,21). The number of para-hydroxylation sites is 1. The molecule has 1 heterocycles. The molecule has 0 aliphatic heterocycles. The zero-order chi connectivity index (χ0) is 16.5. The lowest BCUT2D eigenvalue weighted by molar-refractivity contribution is -0.115. The van der Waals surface area contributed by atoms with E-state index in [1.165, 1.54) is 0 Å². The number of anilines is 1. The number of nitrogens with one attached hydrogen (secondary N) is 2. The largest absolute Gasteiger partial charge is 0.462 e. The molecule has 0 saturated carbocycles. The first-order valence-corrected chi connectivity index (χ1v) is 7.37. The maximum atomic E-state index is 12.0. The lowest BCUT2D eigenvalue weighted by Gasteiger charge is -2.10. The smallest absolute Gasteiger partial charge is 0.340 e. The normalized spacial score (nSPS) is 10.1. The first kappa shape index (κ1) is 16.6. The van der Waals surface area contributed by atoms with Crippen LogP contribution in [0.2, 0.25) is 0 Å². The summed E-state index contributed by atoms with van der Waals surface area (Å²) < 4.78 is 4.98. The van der Waals surface area contributed by atoms with Gasteiger partial charge in [0.05, 0.1) is 30.1 Å². The van der Waals surface area contributed by atoms with Crippen molar-refractivity contribution in [3.05, 3.63) is 59.9 Å². The van der Waals surface area contributed by atoms with Crippen molar-refractivity contribution in [2.75, 3.05) is 18.5 Å². The molecule has 1 amide bonds. The zero-order valence-corrected chi connectivity index (χ0v) is 12.9. The number of hydrogen-bond donors (Lipinski definition) is 2. The Morgan fingerprint density at radius 3 is 2.65 bits per heavy atom. The highest BCUT2D eigenvalue weighted by Gasteiger charge is 2.13. The Balaban J connectivity index is 1.89. The van der Waals surface area contributed by atoms with Crippen molar-refractivity contribution in [2.45, 2.75) is 13.5 Å². The Morgan fingerprint density at radius 2 is 1.91 bits per heavy atom. The van der Waals surface area contributed by atoms with Crippen molar-refractivity contribution in [2.24, 2.45) is 0 Å². The Labute approximate surface area is 134 Å². The van der Waals surface area contributed by atoms with Crippen molar-refractivity contribution >= 4 is 17.6 Å². The van der Waals surface area contributed by atoms with Crippen LogP contribution in [-0.4, -0.2) is 30.0 Å². The average Bonchev–Trinajstić information content (AvgIpc) is 2.56. The summed E-state index contributed by atoms with van der Waals surface area (Å²) >= 11 is 0. The van der Waals surface area contributed by atoms with E-state index in [9.17, 15) is 9.59 Å². The van der Waals surface area contributed by atoms with Gasteiger partial charge in [-0.25, -0.2) is 4.79 Å². The third-order valence-electron chi connectivity index (χ3n) is 3.01. The third kappa shape index (κ3) is 5.19. The quantitative estimate of drug-likeness (QED) is 0.764. The van der Waals surface area contributed by atoms with Gasteiger partial charge in [0.15, 0.2) is 0 Å². The van der Waals surface area contributed by atoms with Crippen LogP contribution in [0.15, 0.2) is 48.7 Å². The van der Waals surface area contributed by atoms with Crippen molar-refractivity contribution < 1.29 is 14.3 Å². The van der Waals surface area contributed by atoms with E-state index in [4.69, 9.17) is 4.74 Å². The first-order valence-electron chi connectivity index (χ1n) is 7.37. The number of pyridine rings is 1. The Bertz CT molecular complexity index is 659. The number of ether oxygens (including phenoxy) is 1. The minimum absolute atomic E-state index is 0.119. The van der Waals surface area contributed by atoms with E-state index in [1.807, 2.05) is 18.2 Å². The van der Waals surface area contributed by atoms with Gasteiger partial charge in [0, 0.05) is 12.7 Å². The second-order valence-corrected chi connectivity index (χ2v) is 4.74. The van der Waals surface area contributed by atoms with Crippen LogP contribution >= 0.6 is 0 Å². The van der Waals surface area contributed by atoms with Crippen LogP contribution in [0.4, 0.5) is 5.69 Å². The molecule has 1 aromatic carbocycles. The zero-order valence-electron chi connectivity index (χ0n) is 12.9. The molecule has 0 fully saturated rings. The fraction of sp³-hybridized carbons (Fsp3) is 0.235. The maximum Gasteiger partial charge on any atom is 0.340 e. The summed E-state index contributed by atoms with van der Waals surface area (Å²) in [4.78, 5) is 28.0. The fourth-order valence-electron chi connectivity index (χ4n) is 1.98. The molecule has 0 aliphatic rings. The van der Waals surface area contributed by atoms with Crippen molar-refractivity contribution in [1.82, 2.24) is 10.3 Å². The monoisotopic (exact) mass is 313 g/mol. The Kier molecular flexibility index (Phi) is 6.26. The summed E-state index contributed by atoms with van der Waals surface area (Å²) in [5.41, 5.74) is 1.63. The highest BCUT2D eigenvalue weighted by molar-refractivity contribution is 6.01. The molecular formula is C17H19N3O3. The number of carbonyl (C=O) groups is 2. The van der Waals surface area contributed by atoms with Gasteiger partial charge in [0.25, 0.3) is 0 Å². The SMILES string of the molecule is CCOC(=O)c1ccccc1NC(=O)CNCc1ccccn1. The summed E-state index contributed by atoms with van der Waals surface area (Å²) in [6.07, 6.45) is 1.70. The molecule has 6 nitrogen and oxygen atoms in total. The van der Waals surface area contributed by atoms with Gasteiger partial charge in [-0.05, 0) is 31.2 Å². The predicted molar refractivity (Wildman–Crippen MR) is 87.0 cm³/mol. The second kappa shape index (κ2) is 8.65. The molecule has 2 aromatic rings. The maximum absolute atomic E-state index is 12.0. The topological polar surface area (TPSA) is 80.3 Å². The lowest BCUT2D eigenvalue weighted by Crippen LogP contribution is -2.28. The van der Waals surface area contributed by atoms with Gasteiger partial charge in [-0.2, -0.15) is 0 Å². The third-order valence-corrected chi connectivity index (χ3v) is 3.01. The second-order valence-electron chi connectivity index (χ2n) is 4.74. The highest BCUT2D eigenvalue weighted by Crippen LogP contribution is 2.16. The van der Waals surface area contributed by atoms with E-state index in [1.54, 1.807) is 37.4 Å². The molecule has 0 aliphatic carbocycles. The number of rotatable bonds is 7. The van der Waals surface area contributed by atoms with Crippen LogP contribution < -0.4 is 10.6 Å². The minimum Gasteiger partial charge on any atom is -0.462 e. The van der Waals surface area contributed by atoms with Gasteiger partial charge in [0.2, 0.25) is 5.91 Å². The van der Waals surface area contributed by atoms with Crippen LogP contribution in [-0.2, 0) is 16.1 Å². The van der Waals surface area contributed by atoms with Gasteiger partial charge >= 0.3 is 5.97 Å². The van der Waals surface area contributed by atoms with Crippen LogP contribution in [0, 0.1) is 0 Å². The minimum atomic E-state index is -0.454. The van der Waals surface area contributed by atoms with Gasteiger partial charge in [-0.3, -0.25) is 9.78 Å². The van der Waals surface area contributed by atoms with Gasteiger partial charge in [-0.1, -0.05) is 18.2 Å². The fourth-order valence-corrected chi connectivity index (χ4v) is 1.98. The van der Waals surface area contributed by atoms with Crippen LogP contribution in [0.5, 0.6) is 0 Å². The van der Waals surface area contributed by atoms with E-state index < -0.39 is 5.97 Å². The van der Waals surface area contributed by atoms with E-state index in [-0.39, 0.29) is 19.1 Å². The van der Waals surface area contributed by atoms with Gasteiger partial charge < -0.3 is 15.4 Å². The van der Waals surface area contributed by atoms with E-state index in [2.05, 4.69) is 15.6 Å². The molecule has 1 aromatic heterocycles. The number of hydrogen-bond acceptors (Lipinski definition) is 5. The Hall–Kier alpha value is -2.73. The Morgan fingerprint density at radius 1 is 1.13 bits per heavy atom. The van der Waals surface area contributed by atoms with Crippen molar-refractivity contribution in [3.63, 3.8) is 0 Å². The number of nitrogens with zero attached hydrogens (tertiary/aromatic N) is 1. The number of esters is 1. The lowest BCUT2D eigenvalue weighted by atomic mass is 10.2. The number of carbonyl (C=O) groups excluding carboxylic acids is 2. The van der Waals surface area contributed by atoms with E-state index >= 15 is 0 Å². The van der Waals surface area contributed by atoms with Crippen LogP contribution in [0.25, 0.3) is 0 Å². The molecule has 120 valence electrons. The number of aromatic nitrogens is 1. The van der Waals surface area contributed by atoms with Crippen molar-refractivity contribution in [3.8, 4) is 0 Å². The summed E-state index contributed by atoms with van der Waals surface area (Å²) in [6, 6.07) is 12.4. The first-order chi connectivity index (χ1) is 11.2. The highest BCUT2D eigenvalue weighted by atomic mass is 16.5. The number of benzene rings is 1. The van der Waals surface area contributed by atoms with E-state index in [0.717, 1.165) is 5.69 Å². The molecular weight excluding hydrogens is 294 g/mol. The molecule has 2 N–H and O–H groups in total. The van der Waals surface area contributed by atoms with Gasteiger partial charge in [0.1, 0.15) is 0 Å². The summed E-state index contributed by atoms with van der Waals surface area (Å²) in [7, 11) is 0. The average molecular weight is 313 g/mol. The molecule has 0 spiro atoms. The molecule has 0 saturated heterocycles.